The van der Waals surface area contributed by atoms with E-state index in [0.29, 0.717) is 6.54 Å². The molecule has 7 heteroatoms. The van der Waals surface area contributed by atoms with Gasteiger partial charge in [0.2, 0.25) is 5.91 Å². The normalized spacial score (nSPS) is 11.9. The first kappa shape index (κ1) is 14.1. The molecule has 0 fully saturated rings. The lowest BCUT2D eigenvalue weighted by Crippen LogP contribution is -2.46. The molecule has 0 aliphatic rings. The highest BCUT2D eigenvalue weighted by Crippen LogP contribution is 2.19. The second-order valence-corrected chi connectivity index (χ2v) is 5.09. The summed E-state index contributed by atoms with van der Waals surface area (Å²) in [6.45, 7) is 2.21. The molecule has 0 saturated carbocycles. The number of hydrogen-bond donors (Lipinski definition) is 2. The van der Waals surface area contributed by atoms with E-state index in [2.05, 4.69) is 26.0 Å². The van der Waals surface area contributed by atoms with Crippen molar-refractivity contribution >= 4 is 39.1 Å². The van der Waals surface area contributed by atoms with Crippen LogP contribution in [0.5, 0.6) is 0 Å². The Morgan fingerprint density at radius 3 is 2.88 bits per heavy atom. The van der Waals surface area contributed by atoms with Crippen molar-refractivity contribution < 1.29 is 14.3 Å². The Morgan fingerprint density at radius 1 is 1.65 bits per heavy atom. The largest absolute Gasteiger partial charge is 0.464 e. The number of ether oxygens (including phenoxy) is 1. The minimum absolute atomic E-state index is 0.206. The molecule has 0 aliphatic carbocycles. The van der Waals surface area contributed by atoms with Gasteiger partial charge < -0.3 is 15.8 Å². The highest BCUT2D eigenvalue weighted by molar-refractivity contribution is 9.10. The van der Waals surface area contributed by atoms with Crippen LogP contribution in [-0.2, 0) is 20.9 Å². The fraction of sp³-hybridized carbons (Fsp3) is 0.400. The Morgan fingerprint density at radius 2 is 2.35 bits per heavy atom. The zero-order valence-electron chi connectivity index (χ0n) is 9.23. The molecule has 0 bridgehead atoms. The predicted octanol–water partition coefficient (Wildman–Crippen LogP) is 1.02. The van der Waals surface area contributed by atoms with Gasteiger partial charge in [-0.25, -0.2) is 4.79 Å². The smallest absolute Gasteiger partial charge is 0.332 e. The van der Waals surface area contributed by atoms with Crippen molar-refractivity contribution in [1.29, 1.82) is 0 Å². The number of hydrogen-bond acceptors (Lipinski definition) is 5. The van der Waals surface area contributed by atoms with E-state index in [1.165, 1.54) is 11.3 Å². The number of carbonyl (C=O) groups excluding carboxylic acids is 2. The fourth-order valence-electron chi connectivity index (χ4n) is 1.07. The van der Waals surface area contributed by atoms with Crippen molar-refractivity contribution in [3.05, 3.63) is 20.8 Å². The molecule has 0 spiro atoms. The molecular weight excluding hydrogens is 308 g/mol. The molecule has 1 aromatic heterocycles. The lowest BCUT2D eigenvalue weighted by Gasteiger charge is -2.10. The number of nitrogens with one attached hydrogen (secondary N) is 1. The standard InChI is InChI=1S/C10H13BrN2O3S/c1-2-16-10(15)8(12)9(14)13-4-7-3-6(11)5-17-7/h3,5,8H,2,4,12H2,1H3,(H,13,14). The van der Waals surface area contributed by atoms with E-state index in [-0.39, 0.29) is 6.61 Å². The zero-order chi connectivity index (χ0) is 12.8. The summed E-state index contributed by atoms with van der Waals surface area (Å²) in [6, 6.07) is 0.624. The Bertz CT molecular complexity index is 408. The first-order valence-electron chi connectivity index (χ1n) is 4.97. The number of amides is 1. The Labute approximate surface area is 111 Å². The van der Waals surface area contributed by atoms with Gasteiger partial charge in [0.05, 0.1) is 13.2 Å². The van der Waals surface area contributed by atoms with Gasteiger partial charge in [0.25, 0.3) is 0 Å². The lowest BCUT2D eigenvalue weighted by molar-refractivity contribution is -0.148. The van der Waals surface area contributed by atoms with Gasteiger partial charge in [-0.3, -0.25) is 4.79 Å². The summed E-state index contributed by atoms with van der Waals surface area (Å²) in [6.07, 6.45) is 0. The van der Waals surface area contributed by atoms with Gasteiger partial charge in [-0.15, -0.1) is 11.3 Å². The molecular formula is C10H13BrN2O3S. The molecule has 0 aromatic carbocycles. The average Bonchev–Trinajstić information content (AvgIpc) is 2.71. The number of halogens is 1. The molecule has 1 heterocycles. The van der Waals surface area contributed by atoms with Crippen LogP contribution in [0, 0.1) is 0 Å². The molecule has 3 N–H and O–H groups in total. The topological polar surface area (TPSA) is 81.4 Å². The Hall–Kier alpha value is -0.920. The molecule has 17 heavy (non-hydrogen) atoms. The van der Waals surface area contributed by atoms with E-state index in [4.69, 9.17) is 5.73 Å². The SMILES string of the molecule is CCOC(=O)C(N)C(=O)NCc1cc(Br)cs1. The van der Waals surface area contributed by atoms with E-state index in [1.54, 1.807) is 6.92 Å². The van der Waals surface area contributed by atoms with Gasteiger partial charge in [0.1, 0.15) is 0 Å². The van der Waals surface area contributed by atoms with Crippen molar-refractivity contribution in [3.8, 4) is 0 Å². The highest BCUT2D eigenvalue weighted by atomic mass is 79.9. The zero-order valence-corrected chi connectivity index (χ0v) is 11.6. The minimum Gasteiger partial charge on any atom is -0.464 e. The van der Waals surface area contributed by atoms with Gasteiger partial charge in [-0.2, -0.15) is 0 Å². The second kappa shape index (κ2) is 6.73. The molecule has 0 saturated heterocycles. The van der Waals surface area contributed by atoms with Gasteiger partial charge in [0, 0.05) is 14.7 Å². The van der Waals surface area contributed by atoms with Crippen molar-refractivity contribution in [1.82, 2.24) is 5.32 Å². The van der Waals surface area contributed by atoms with Crippen LogP contribution in [0.3, 0.4) is 0 Å². The molecule has 1 atom stereocenters. The summed E-state index contributed by atoms with van der Waals surface area (Å²) in [4.78, 5) is 23.7. The monoisotopic (exact) mass is 320 g/mol. The molecule has 1 unspecified atom stereocenters. The van der Waals surface area contributed by atoms with Crippen molar-refractivity contribution in [2.75, 3.05) is 6.61 Å². The van der Waals surface area contributed by atoms with Crippen LogP contribution >= 0.6 is 27.3 Å². The fourth-order valence-corrected chi connectivity index (χ4v) is 2.46. The van der Waals surface area contributed by atoms with E-state index in [1.807, 2.05) is 11.4 Å². The van der Waals surface area contributed by atoms with E-state index >= 15 is 0 Å². The lowest BCUT2D eigenvalue weighted by atomic mass is 10.3. The molecule has 1 aromatic rings. The highest BCUT2D eigenvalue weighted by Gasteiger charge is 2.22. The molecule has 1 rings (SSSR count). The van der Waals surface area contributed by atoms with E-state index in [0.717, 1.165) is 9.35 Å². The van der Waals surface area contributed by atoms with Crippen LogP contribution in [0.25, 0.3) is 0 Å². The molecule has 0 radical (unpaired) electrons. The van der Waals surface area contributed by atoms with Gasteiger partial charge in [-0.1, -0.05) is 0 Å². The van der Waals surface area contributed by atoms with Gasteiger partial charge in [-0.05, 0) is 28.9 Å². The third-order valence-electron chi connectivity index (χ3n) is 1.88. The van der Waals surface area contributed by atoms with Crippen molar-refractivity contribution in [3.63, 3.8) is 0 Å². The van der Waals surface area contributed by atoms with Crippen LogP contribution in [0.15, 0.2) is 15.9 Å². The van der Waals surface area contributed by atoms with Crippen LogP contribution in [-0.4, -0.2) is 24.5 Å². The molecule has 5 nitrogen and oxygen atoms in total. The maximum absolute atomic E-state index is 11.5. The predicted molar refractivity (Wildman–Crippen MR) is 68.5 cm³/mol. The van der Waals surface area contributed by atoms with Crippen LogP contribution in [0.2, 0.25) is 0 Å². The number of thiophene rings is 1. The van der Waals surface area contributed by atoms with Gasteiger partial charge >= 0.3 is 5.97 Å². The molecule has 94 valence electrons. The van der Waals surface area contributed by atoms with Crippen molar-refractivity contribution in [2.24, 2.45) is 5.73 Å². The number of esters is 1. The van der Waals surface area contributed by atoms with Gasteiger partial charge in [0.15, 0.2) is 6.04 Å². The van der Waals surface area contributed by atoms with Crippen LogP contribution in [0.4, 0.5) is 0 Å². The summed E-state index contributed by atoms with van der Waals surface area (Å²) >= 11 is 4.81. The Kier molecular flexibility index (Phi) is 5.60. The maximum Gasteiger partial charge on any atom is 0.332 e. The van der Waals surface area contributed by atoms with Crippen LogP contribution < -0.4 is 11.1 Å². The first-order valence-corrected chi connectivity index (χ1v) is 6.64. The first-order chi connectivity index (χ1) is 8.04. The quantitative estimate of drug-likeness (QED) is 0.627. The average molecular weight is 321 g/mol. The summed E-state index contributed by atoms with van der Waals surface area (Å²) in [7, 11) is 0. The minimum atomic E-state index is -1.27. The summed E-state index contributed by atoms with van der Waals surface area (Å²) < 4.78 is 5.61. The number of rotatable bonds is 5. The second-order valence-electron chi connectivity index (χ2n) is 3.18. The van der Waals surface area contributed by atoms with Crippen molar-refractivity contribution in [2.45, 2.75) is 19.5 Å². The van der Waals surface area contributed by atoms with Crippen LogP contribution in [0.1, 0.15) is 11.8 Å². The number of nitrogens with two attached hydrogens (primary N) is 1. The summed E-state index contributed by atoms with van der Waals surface area (Å²) in [5, 5.41) is 4.49. The Balaban J connectivity index is 2.41. The van der Waals surface area contributed by atoms with E-state index in [9.17, 15) is 9.59 Å². The summed E-state index contributed by atoms with van der Waals surface area (Å²) in [5.74, 6) is -1.25. The molecule has 0 aliphatic heterocycles. The number of carbonyl (C=O) groups is 2. The summed E-state index contributed by atoms with van der Waals surface area (Å²) in [5.41, 5.74) is 5.42. The molecule has 1 amide bonds. The third-order valence-corrected chi connectivity index (χ3v) is 3.58. The third kappa shape index (κ3) is 4.45. The maximum atomic E-state index is 11.5. The van der Waals surface area contributed by atoms with E-state index < -0.39 is 17.9 Å².